The van der Waals surface area contributed by atoms with Gasteiger partial charge in [-0.05, 0) is 12.1 Å². The number of methoxy groups -OCH3 is 1. The lowest BCUT2D eigenvalue weighted by molar-refractivity contribution is 0.412. The summed E-state index contributed by atoms with van der Waals surface area (Å²) in [7, 11) is 1.46. The average molecular weight is 244 g/mol. The monoisotopic (exact) mass is 244 g/mol. The van der Waals surface area contributed by atoms with E-state index in [4.69, 9.17) is 10.5 Å². The van der Waals surface area contributed by atoms with Crippen LogP contribution >= 0.6 is 0 Å². The van der Waals surface area contributed by atoms with Crippen molar-refractivity contribution in [2.45, 2.75) is 0 Å². The molecule has 0 bridgehead atoms. The largest absolute Gasteiger partial charge is 0.494 e. The summed E-state index contributed by atoms with van der Waals surface area (Å²) in [6.45, 7) is 0. The Morgan fingerprint density at radius 1 is 1.17 bits per heavy atom. The van der Waals surface area contributed by atoms with Crippen LogP contribution in [0.5, 0.6) is 5.75 Å². The van der Waals surface area contributed by atoms with Crippen LogP contribution in [0.2, 0.25) is 0 Å². The lowest BCUT2D eigenvalue weighted by atomic mass is 10.2. The van der Waals surface area contributed by atoms with Crippen molar-refractivity contribution in [1.29, 1.82) is 0 Å². The maximum absolute atomic E-state index is 13.0. The van der Waals surface area contributed by atoms with E-state index in [9.17, 15) is 4.39 Å². The fraction of sp³-hybridized carbons (Fsp3) is 0.0714. The van der Waals surface area contributed by atoms with Crippen molar-refractivity contribution in [2.75, 3.05) is 7.11 Å². The third kappa shape index (κ3) is 2.66. The van der Waals surface area contributed by atoms with E-state index in [1.54, 1.807) is 0 Å². The molecule has 2 aromatic rings. The SMILES string of the molecule is COc1cc(F)ccc1N=C(N)c1ccccc1. The van der Waals surface area contributed by atoms with Crippen molar-refractivity contribution < 1.29 is 9.13 Å². The van der Waals surface area contributed by atoms with Crippen LogP contribution in [0.25, 0.3) is 0 Å². The van der Waals surface area contributed by atoms with Crippen LogP contribution in [0, 0.1) is 5.82 Å². The molecule has 0 aliphatic carbocycles. The molecule has 0 spiro atoms. The lowest BCUT2D eigenvalue weighted by Crippen LogP contribution is -2.12. The number of ether oxygens (including phenoxy) is 1. The summed E-state index contributed by atoms with van der Waals surface area (Å²) in [5.74, 6) is 0.346. The first kappa shape index (κ1) is 12.1. The second-order valence-corrected chi connectivity index (χ2v) is 3.68. The van der Waals surface area contributed by atoms with Crippen molar-refractivity contribution in [1.82, 2.24) is 0 Å². The summed E-state index contributed by atoms with van der Waals surface area (Å²) < 4.78 is 18.1. The summed E-state index contributed by atoms with van der Waals surface area (Å²) >= 11 is 0. The molecular weight excluding hydrogens is 231 g/mol. The zero-order chi connectivity index (χ0) is 13.0. The van der Waals surface area contributed by atoms with E-state index in [2.05, 4.69) is 4.99 Å². The Morgan fingerprint density at radius 2 is 1.89 bits per heavy atom. The molecule has 0 aliphatic rings. The number of halogens is 1. The van der Waals surface area contributed by atoms with Crippen molar-refractivity contribution in [3.8, 4) is 5.75 Å². The molecule has 0 unspecified atom stereocenters. The first-order valence-corrected chi connectivity index (χ1v) is 5.44. The van der Waals surface area contributed by atoms with Gasteiger partial charge in [-0.2, -0.15) is 0 Å². The predicted molar refractivity (Wildman–Crippen MR) is 69.8 cm³/mol. The van der Waals surface area contributed by atoms with E-state index < -0.39 is 0 Å². The Kier molecular flexibility index (Phi) is 3.57. The molecule has 92 valence electrons. The standard InChI is InChI=1S/C14H13FN2O/c1-18-13-9-11(15)7-8-12(13)17-14(16)10-5-3-2-4-6-10/h2-9H,1H3,(H2,16,17). The maximum atomic E-state index is 13.0. The molecule has 2 rings (SSSR count). The van der Waals surface area contributed by atoms with Crippen LogP contribution in [-0.4, -0.2) is 12.9 Å². The van der Waals surface area contributed by atoms with Crippen LogP contribution in [0.1, 0.15) is 5.56 Å². The third-order valence-electron chi connectivity index (χ3n) is 2.45. The normalized spacial score (nSPS) is 11.3. The van der Waals surface area contributed by atoms with Gasteiger partial charge >= 0.3 is 0 Å². The Morgan fingerprint density at radius 3 is 2.56 bits per heavy atom. The van der Waals surface area contributed by atoms with Crippen LogP contribution in [0.4, 0.5) is 10.1 Å². The smallest absolute Gasteiger partial charge is 0.147 e. The maximum Gasteiger partial charge on any atom is 0.147 e. The molecule has 18 heavy (non-hydrogen) atoms. The Labute approximate surface area is 105 Å². The Hall–Kier alpha value is -2.36. The van der Waals surface area contributed by atoms with Crippen molar-refractivity contribution in [3.63, 3.8) is 0 Å². The van der Waals surface area contributed by atoms with Crippen LogP contribution in [0.3, 0.4) is 0 Å². The van der Waals surface area contributed by atoms with Crippen LogP contribution < -0.4 is 10.5 Å². The van der Waals surface area contributed by atoms with Crippen molar-refractivity contribution in [3.05, 3.63) is 59.9 Å². The van der Waals surface area contributed by atoms with Crippen LogP contribution in [-0.2, 0) is 0 Å². The molecule has 3 nitrogen and oxygen atoms in total. The van der Waals surface area contributed by atoms with Gasteiger partial charge in [0.1, 0.15) is 23.1 Å². The van der Waals surface area contributed by atoms with Gasteiger partial charge in [-0.3, -0.25) is 0 Å². The second-order valence-electron chi connectivity index (χ2n) is 3.68. The molecule has 2 aromatic carbocycles. The number of rotatable bonds is 3. The van der Waals surface area contributed by atoms with Gasteiger partial charge in [0.2, 0.25) is 0 Å². The van der Waals surface area contributed by atoms with E-state index in [0.29, 0.717) is 17.3 Å². The average Bonchev–Trinajstić information content (AvgIpc) is 2.41. The minimum atomic E-state index is -0.371. The Bertz CT molecular complexity index is 567. The number of hydrogen-bond acceptors (Lipinski definition) is 2. The van der Waals surface area contributed by atoms with E-state index >= 15 is 0 Å². The molecule has 0 amide bonds. The number of nitrogens with two attached hydrogens (primary N) is 1. The molecule has 0 heterocycles. The summed E-state index contributed by atoms with van der Waals surface area (Å²) in [6, 6.07) is 13.5. The number of benzene rings is 2. The molecule has 0 fully saturated rings. The third-order valence-corrected chi connectivity index (χ3v) is 2.45. The number of aliphatic imine (C=N–C) groups is 1. The predicted octanol–water partition coefficient (Wildman–Crippen LogP) is 2.87. The first-order valence-electron chi connectivity index (χ1n) is 5.44. The van der Waals surface area contributed by atoms with Gasteiger partial charge in [-0.15, -0.1) is 0 Å². The summed E-state index contributed by atoms with van der Waals surface area (Å²) in [5, 5.41) is 0. The molecular formula is C14H13FN2O. The van der Waals surface area contributed by atoms with Gasteiger partial charge in [-0.25, -0.2) is 9.38 Å². The van der Waals surface area contributed by atoms with Gasteiger partial charge in [0.25, 0.3) is 0 Å². The summed E-state index contributed by atoms with van der Waals surface area (Å²) in [5.41, 5.74) is 7.20. The van der Waals surface area contributed by atoms with Crippen LogP contribution in [0.15, 0.2) is 53.5 Å². The molecule has 0 atom stereocenters. The van der Waals surface area contributed by atoms with Gasteiger partial charge in [0, 0.05) is 11.6 Å². The van der Waals surface area contributed by atoms with E-state index in [1.165, 1.54) is 25.3 Å². The highest BCUT2D eigenvalue weighted by molar-refractivity contribution is 5.99. The fourth-order valence-corrected chi connectivity index (χ4v) is 1.55. The van der Waals surface area contributed by atoms with Crippen molar-refractivity contribution >= 4 is 11.5 Å². The number of nitrogens with zero attached hydrogens (tertiary/aromatic N) is 1. The molecule has 2 N–H and O–H groups in total. The van der Waals surface area contributed by atoms with E-state index in [1.807, 2.05) is 30.3 Å². The molecule has 0 aromatic heterocycles. The zero-order valence-corrected chi connectivity index (χ0v) is 9.93. The fourth-order valence-electron chi connectivity index (χ4n) is 1.55. The van der Waals surface area contributed by atoms with Gasteiger partial charge < -0.3 is 10.5 Å². The number of amidine groups is 1. The Balaban J connectivity index is 2.39. The molecule has 0 saturated carbocycles. The molecule has 4 heteroatoms. The molecule has 0 aliphatic heterocycles. The van der Waals surface area contributed by atoms with E-state index in [0.717, 1.165) is 5.56 Å². The lowest BCUT2D eigenvalue weighted by Gasteiger charge is -2.06. The highest BCUT2D eigenvalue weighted by Gasteiger charge is 2.05. The second kappa shape index (κ2) is 5.31. The zero-order valence-electron chi connectivity index (χ0n) is 9.93. The highest BCUT2D eigenvalue weighted by Crippen LogP contribution is 2.28. The van der Waals surface area contributed by atoms with E-state index in [-0.39, 0.29) is 5.82 Å². The molecule has 0 saturated heterocycles. The summed E-state index contributed by atoms with van der Waals surface area (Å²) in [6.07, 6.45) is 0. The van der Waals surface area contributed by atoms with Crippen molar-refractivity contribution in [2.24, 2.45) is 10.7 Å². The first-order chi connectivity index (χ1) is 8.70. The van der Waals surface area contributed by atoms with Gasteiger partial charge in [0.05, 0.1) is 7.11 Å². The van der Waals surface area contributed by atoms with Gasteiger partial charge in [0.15, 0.2) is 0 Å². The number of hydrogen-bond donors (Lipinski definition) is 1. The van der Waals surface area contributed by atoms with Gasteiger partial charge in [-0.1, -0.05) is 30.3 Å². The minimum absolute atomic E-state index is 0.355. The highest BCUT2D eigenvalue weighted by atomic mass is 19.1. The summed E-state index contributed by atoms with van der Waals surface area (Å²) in [4.78, 5) is 4.24. The quantitative estimate of drug-likeness (QED) is 0.666. The topological polar surface area (TPSA) is 47.6 Å². The molecule has 0 radical (unpaired) electrons. The minimum Gasteiger partial charge on any atom is -0.494 e.